The SMILES string of the molecule is C=C[C@@H](C)CCC[C@@](C)(O)[C@H]1C[C@@H]([C@H](C)OCc2ccc(OC)cc2)OC(C)(C)O1. The van der Waals surface area contributed by atoms with E-state index in [2.05, 4.69) is 13.5 Å². The maximum Gasteiger partial charge on any atom is 0.163 e. The summed E-state index contributed by atoms with van der Waals surface area (Å²) in [6.07, 6.45) is 4.58. The molecule has 170 valence electrons. The minimum Gasteiger partial charge on any atom is -0.497 e. The lowest BCUT2D eigenvalue weighted by atomic mass is 9.86. The van der Waals surface area contributed by atoms with Crippen molar-refractivity contribution in [2.75, 3.05) is 7.11 Å². The summed E-state index contributed by atoms with van der Waals surface area (Å²) in [5.41, 5.74) is 0.157. The molecule has 0 spiro atoms. The van der Waals surface area contributed by atoms with Crippen LogP contribution in [0.5, 0.6) is 5.75 Å². The van der Waals surface area contributed by atoms with E-state index >= 15 is 0 Å². The van der Waals surface area contributed by atoms with E-state index in [1.807, 2.05) is 58.0 Å². The third-order valence-electron chi connectivity index (χ3n) is 5.94. The number of benzene rings is 1. The van der Waals surface area contributed by atoms with Gasteiger partial charge in [-0.05, 0) is 70.6 Å². The summed E-state index contributed by atoms with van der Waals surface area (Å²) < 4.78 is 23.6. The van der Waals surface area contributed by atoms with Crippen LogP contribution in [0.1, 0.15) is 65.9 Å². The first-order chi connectivity index (χ1) is 14.1. The van der Waals surface area contributed by atoms with Crippen molar-refractivity contribution in [2.24, 2.45) is 5.92 Å². The van der Waals surface area contributed by atoms with Crippen LogP contribution in [0, 0.1) is 5.92 Å². The van der Waals surface area contributed by atoms with Crippen LogP contribution in [0.2, 0.25) is 0 Å². The molecule has 1 aromatic carbocycles. The van der Waals surface area contributed by atoms with Crippen LogP contribution < -0.4 is 4.74 Å². The Morgan fingerprint density at radius 1 is 1.27 bits per heavy atom. The summed E-state index contributed by atoms with van der Waals surface area (Å²) in [4.78, 5) is 0. The maximum atomic E-state index is 11.2. The van der Waals surface area contributed by atoms with Crippen molar-refractivity contribution in [3.05, 3.63) is 42.5 Å². The van der Waals surface area contributed by atoms with Gasteiger partial charge in [0.1, 0.15) is 5.75 Å². The van der Waals surface area contributed by atoms with Gasteiger partial charge < -0.3 is 24.1 Å². The van der Waals surface area contributed by atoms with E-state index in [-0.39, 0.29) is 18.3 Å². The molecular weight excluding hydrogens is 380 g/mol. The van der Waals surface area contributed by atoms with E-state index in [0.29, 0.717) is 25.4 Å². The van der Waals surface area contributed by atoms with Crippen LogP contribution in [-0.2, 0) is 20.8 Å². The van der Waals surface area contributed by atoms with Crippen molar-refractivity contribution >= 4 is 0 Å². The van der Waals surface area contributed by atoms with Crippen LogP contribution in [0.15, 0.2) is 36.9 Å². The fourth-order valence-electron chi connectivity index (χ4n) is 3.83. The Morgan fingerprint density at radius 3 is 2.53 bits per heavy atom. The number of hydrogen-bond donors (Lipinski definition) is 1. The second kappa shape index (κ2) is 10.8. The Kier molecular flexibility index (Phi) is 8.92. The molecule has 2 rings (SSSR count). The van der Waals surface area contributed by atoms with E-state index in [4.69, 9.17) is 18.9 Å². The zero-order valence-electron chi connectivity index (χ0n) is 19.5. The Labute approximate surface area is 182 Å². The van der Waals surface area contributed by atoms with Gasteiger partial charge in [0.25, 0.3) is 0 Å². The van der Waals surface area contributed by atoms with E-state index in [9.17, 15) is 5.11 Å². The molecule has 1 aliphatic heterocycles. The van der Waals surface area contributed by atoms with Gasteiger partial charge in [-0.15, -0.1) is 6.58 Å². The number of aliphatic hydroxyl groups is 1. The summed E-state index contributed by atoms with van der Waals surface area (Å²) in [5.74, 6) is 0.504. The molecule has 5 heteroatoms. The van der Waals surface area contributed by atoms with Gasteiger partial charge in [0.15, 0.2) is 5.79 Å². The molecule has 5 atom stereocenters. The van der Waals surface area contributed by atoms with Gasteiger partial charge in [0.2, 0.25) is 0 Å². The highest BCUT2D eigenvalue weighted by molar-refractivity contribution is 5.26. The van der Waals surface area contributed by atoms with Gasteiger partial charge in [-0.3, -0.25) is 0 Å². The Hall–Kier alpha value is -1.40. The normalized spacial score (nSPS) is 25.2. The molecular formula is C25H40O5. The number of hydrogen-bond acceptors (Lipinski definition) is 5. The maximum absolute atomic E-state index is 11.2. The number of allylic oxidation sites excluding steroid dienone is 1. The number of methoxy groups -OCH3 is 1. The van der Waals surface area contributed by atoms with Gasteiger partial charge in [-0.2, -0.15) is 0 Å². The molecule has 0 amide bonds. The first-order valence-corrected chi connectivity index (χ1v) is 11.0. The second-order valence-electron chi connectivity index (χ2n) is 9.22. The van der Waals surface area contributed by atoms with Crippen molar-refractivity contribution < 1.29 is 24.1 Å². The molecule has 1 aromatic rings. The van der Waals surface area contributed by atoms with E-state index in [1.54, 1.807) is 7.11 Å². The largest absolute Gasteiger partial charge is 0.497 e. The van der Waals surface area contributed by atoms with Gasteiger partial charge in [-0.1, -0.05) is 25.1 Å². The average molecular weight is 421 g/mol. The van der Waals surface area contributed by atoms with Gasteiger partial charge in [0, 0.05) is 6.42 Å². The van der Waals surface area contributed by atoms with Gasteiger partial charge in [0.05, 0.1) is 37.6 Å². The first kappa shape index (κ1) is 24.9. The lowest BCUT2D eigenvalue weighted by Gasteiger charge is -2.47. The summed E-state index contributed by atoms with van der Waals surface area (Å²) in [7, 11) is 1.66. The van der Waals surface area contributed by atoms with E-state index in [0.717, 1.165) is 24.2 Å². The summed E-state index contributed by atoms with van der Waals surface area (Å²) in [5, 5.41) is 11.2. The predicted octanol–water partition coefficient (Wildman–Crippen LogP) is 5.25. The quantitative estimate of drug-likeness (QED) is 0.495. The molecule has 1 saturated heterocycles. The molecule has 5 nitrogen and oxygen atoms in total. The zero-order chi connectivity index (χ0) is 22.4. The van der Waals surface area contributed by atoms with Crippen LogP contribution in [0.3, 0.4) is 0 Å². The molecule has 1 N–H and O–H groups in total. The fourth-order valence-corrected chi connectivity index (χ4v) is 3.83. The zero-order valence-corrected chi connectivity index (χ0v) is 19.5. The molecule has 0 aliphatic carbocycles. The molecule has 1 heterocycles. The van der Waals surface area contributed by atoms with E-state index in [1.165, 1.54) is 0 Å². The highest BCUT2D eigenvalue weighted by Crippen LogP contribution is 2.36. The highest BCUT2D eigenvalue weighted by Gasteiger charge is 2.45. The van der Waals surface area contributed by atoms with Crippen molar-refractivity contribution in [3.63, 3.8) is 0 Å². The standard InChI is InChI=1S/C25H40O5/c1-8-18(2)10-9-15-25(6,26)23-16-22(29-24(4,5)30-23)19(3)28-17-20-11-13-21(27-7)14-12-20/h8,11-14,18-19,22-23,26H,1,9-10,15-17H2,2-7H3/t18-,19+,22+,23-,25-/m1/s1. The average Bonchev–Trinajstić information content (AvgIpc) is 2.70. The van der Waals surface area contributed by atoms with Gasteiger partial charge >= 0.3 is 0 Å². The monoisotopic (exact) mass is 420 g/mol. The Bertz CT molecular complexity index is 652. The molecule has 0 radical (unpaired) electrons. The third kappa shape index (κ3) is 7.38. The lowest BCUT2D eigenvalue weighted by molar-refractivity contribution is -0.337. The highest BCUT2D eigenvalue weighted by atomic mass is 16.7. The summed E-state index contributed by atoms with van der Waals surface area (Å²) in [6, 6.07) is 7.85. The van der Waals surface area contributed by atoms with Crippen molar-refractivity contribution in [2.45, 2.75) is 96.6 Å². The van der Waals surface area contributed by atoms with Crippen LogP contribution in [-0.4, -0.2) is 41.9 Å². The van der Waals surface area contributed by atoms with Crippen LogP contribution in [0.25, 0.3) is 0 Å². The molecule has 0 aromatic heterocycles. The molecule has 1 aliphatic rings. The van der Waals surface area contributed by atoms with Crippen molar-refractivity contribution in [3.8, 4) is 5.75 Å². The smallest absolute Gasteiger partial charge is 0.163 e. The molecule has 1 fully saturated rings. The lowest BCUT2D eigenvalue weighted by Crippen LogP contribution is -2.55. The van der Waals surface area contributed by atoms with E-state index < -0.39 is 11.4 Å². The van der Waals surface area contributed by atoms with Crippen LogP contribution in [0.4, 0.5) is 0 Å². The van der Waals surface area contributed by atoms with Crippen LogP contribution >= 0.6 is 0 Å². The van der Waals surface area contributed by atoms with Crippen molar-refractivity contribution in [1.29, 1.82) is 0 Å². The Morgan fingerprint density at radius 2 is 1.93 bits per heavy atom. The Balaban J connectivity index is 1.95. The molecule has 0 saturated carbocycles. The fraction of sp³-hybridized carbons (Fsp3) is 0.680. The predicted molar refractivity (Wildman–Crippen MR) is 120 cm³/mol. The number of rotatable bonds is 11. The first-order valence-electron chi connectivity index (χ1n) is 11.0. The molecule has 0 unspecified atom stereocenters. The second-order valence-corrected chi connectivity index (χ2v) is 9.22. The minimum atomic E-state index is -0.921. The molecule has 0 bridgehead atoms. The number of ether oxygens (including phenoxy) is 4. The molecule has 30 heavy (non-hydrogen) atoms. The van der Waals surface area contributed by atoms with Crippen molar-refractivity contribution in [1.82, 2.24) is 0 Å². The topological polar surface area (TPSA) is 57.2 Å². The minimum absolute atomic E-state index is 0.130. The van der Waals surface area contributed by atoms with Gasteiger partial charge in [-0.25, -0.2) is 0 Å². The third-order valence-corrected chi connectivity index (χ3v) is 5.94. The summed E-state index contributed by atoms with van der Waals surface area (Å²) >= 11 is 0. The summed E-state index contributed by atoms with van der Waals surface area (Å²) in [6.45, 7) is 14.2.